The number of nitrogens with one attached hydrogen (secondary N) is 1. The Bertz CT molecular complexity index is 623. The Kier molecular flexibility index (Phi) is 4.91. The van der Waals surface area contributed by atoms with Gasteiger partial charge in [0.15, 0.2) is 0 Å². The van der Waals surface area contributed by atoms with Crippen LogP contribution < -0.4 is 5.32 Å². The van der Waals surface area contributed by atoms with E-state index in [0.29, 0.717) is 11.6 Å². The van der Waals surface area contributed by atoms with E-state index in [-0.39, 0.29) is 11.7 Å². The molecular weight excluding hydrogens is 277 g/mol. The van der Waals surface area contributed by atoms with Gasteiger partial charge in [0.25, 0.3) is 0 Å². The second-order valence-corrected chi connectivity index (χ2v) is 4.60. The molecule has 0 aromatic heterocycles. The molecule has 2 nitrogen and oxygen atoms in total. The summed E-state index contributed by atoms with van der Waals surface area (Å²) in [5, 5.41) is 3.36. The molecule has 0 atom stereocenters. The quantitative estimate of drug-likeness (QED) is 0.852. The van der Waals surface area contributed by atoms with E-state index in [9.17, 15) is 9.18 Å². The van der Waals surface area contributed by atoms with Gasteiger partial charge in [-0.3, -0.25) is 4.79 Å². The number of carbonyl (C=O) groups is 1. The summed E-state index contributed by atoms with van der Waals surface area (Å²) in [6.07, 6.45) is 3.03. The van der Waals surface area contributed by atoms with Gasteiger partial charge in [-0.25, -0.2) is 4.39 Å². The van der Waals surface area contributed by atoms with Crippen molar-refractivity contribution in [1.29, 1.82) is 0 Å². The molecule has 0 unspecified atom stereocenters. The Labute approximate surface area is 121 Å². The normalized spacial score (nSPS) is 10.7. The van der Waals surface area contributed by atoms with Crippen molar-refractivity contribution in [3.63, 3.8) is 0 Å². The first kappa shape index (κ1) is 14.3. The van der Waals surface area contributed by atoms with Crippen molar-refractivity contribution < 1.29 is 9.18 Å². The molecule has 0 bridgehead atoms. The largest absolute Gasteiger partial charge is 0.348 e. The summed E-state index contributed by atoms with van der Waals surface area (Å²) in [6, 6.07) is 13.2. The highest BCUT2D eigenvalue weighted by Crippen LogP contribution is 2.14. The highest BCUT2D eigenvalue weighted by Gasteiger charge is 2.00. The van der Waals surface area contributed by atoms with E-state index >= 15 is 0 Å². The molecule has 0 saturated heterocycles. The summed E-state index contributed by atoms with van der Waals surface area (Å²) in [5.41, 5.74) is 1.62. The molecule has 4 heteroatoms. The zero-order valence-corrected chi connectivity index (χ0v) is 11.4. The summed E-state index contributed by atoms with van der Waals surface area (Å²) < 4.78 is 12.7. The smallest absolute Gasteiger partial charge is 0.244 e. The van der Waals surface area contributed by atoms with E-state index < -0.39 is 0 Å². The molecule has 20 heavy (non-hydrogen) atoms. The van der Waals surface area contributed by atoms with Gasteiger partial charge < -0.3 is 5.32 Å². The van der Waals surface area contributed by atoms with Gasteiger partial charge in [0.05, 0.1) is 0 Å². The molecule has 2 aromatic rings. The molecule has 0 aliphatic carbocycles. The molecular formula is C16H13ClFNO. The highest BCUT2D eigenvalue weighted by atomic mass is 35.5. The third kappa shape index (κ3) is 4.21. The van der Waals surface area contributed by atoms with Crippen LogP contribution in [-0.2, 0) is 11.3 Å². The predicted octanol–water partition coefficient (Wildman–Crippen LogP) is 3.81. The van der Waals surface area contributed by atoms with E-state index in [1.165, 1.54) is 18.2 Å². The van der Waals surface area contributed by atoms with Crippen molar-refractivity contribution in [2.45, 2.75) is 6.54 Å². The third-order valence-corrected chi connectivity index (χ3v) is 3.08. The maximum absolute atomic E-state index is 12.7. The van der Waals surface area contributed by atoms with E-state index in [0.717, 1.165) is 11.1 Å². The lowest BCUT2D eigenvalue weighted by Crippen LogP contribution is -2.20. The number of halogens is 2. The Balaban J connectivity index is 1.90. The monoisotopic (exact) mass is 289 g/mol. The lowest BCUT2D eigenvalue weighted by atomic mass is 10.2. The van der Waals surface area contributed by atoms with Crippen LogP contribution in [0.4, 0.5) is 4.39 Å². The van der Waals surface area contributed by atoms with Crippen molar-refractivity contribution in [1.82, 2.24) is 5.32 Å². The van der Waals surface area contributed by atoms with Crippen molar-refractivity contribution in [3.8, 4) is 0 Å². The van der Waals surface area contributed by atoms with Crippen LogP contribution in [0.3, 0.4) is 0 Å². The van der Waals surface area contributed by atoms with Gasteiger partial charge >= 0.3 is 0 Å². The minimum atomic E-state index is -0.301. The van der Waals surface area contributed by atoms with Gasteiger partial charge in [0.1, 0.15) is 5.82 Å². The van der Waals surface area contributed by atoms with E-state index in [2.05, 4.69) is 5.32 Å². The van der Waals surface area contributed by atoms with Gasteiger partial charge in [-0.2, -0.15) is 0 Å². The predicted molar refractivity (Wildman–Crippen MR) is 78.7 cm³/mol. The van der Waals surface area contributed by atoms with Gasteiger partial charge in [0.2, 0.25) is 5.91 Å². The summed E-state index contributed by atoms with van der Waals surface area (Å²) in [4.78, 5) is 11.7. The maximum atomic E-state index is 12.7. The Morgan fingerprint density at radius 3 is 2.55 bits per heavy atom. The molecule has 0 fully saturated rings. The minimum Gasteiger partial charge on any atom is -0.348 e. The van der Waals surface area contributed by atoms with Crippen LogP contribution >= 0.6 is 11.6 Å². The maximum Gasteiger partial charge on any atom is 0.244 e. The molecule has 0 radical (unpaired) electrons. The molecule has 0 heterocycles. The zero-order chi connectivity index (χ0) is 14.4. The van der Waals surface area contributed by atoms with Crippen molar-refractivity contribution in [3.05, 3.63) is 76.6 Å². The average molecular weight is 290 g/mol. The molecule has 1 amide bonds. The average Bonchev–Trinajstić information content (AvgIpc) is 2.46. The second kappa shape index (κ2) is 6.87. The molecule has 102 valence electrons. The number of rotatable bonds is 4. The van der Waals surface area contributed by atoms with Gasteiger partial charge in [-0.15, -0.1) is 0 Å². The second-order valence-electron chi connectivity index (χ2n) is 4.19. The lowest BCUT2D eigenvalue weighted by Gasteiger charge is -2.04. The van der Waals surface area contributed by atoms with Crippen LogP contribution in [0, 0.1) is 5.82 Å². The first-order valence-electron chi connectivity index (χ1n) is 6.10. The van der Waals surface area contributed by atoms with E-state index in [1.54, 1.807) is 24.3 Å². The standard InChI is InChI=1S/C16H13ClFNO/c17-15-4-2-1-3-13(15)11-19-16(20)10-7-12-5-8-14(18)9-6-12/h1-10H,11H2,(H,19,20)/b10-7+. The number of amides is 1. The first-order valence-corrected chi connectivity index (χ1v) is 6.48. The Morgan fingerprint density at radius 1 is 1.15 bits per heavy atom. The molecule has 0 saturated carbocycles. The van der Waals surface area contributed by atoms with E-state index in [1.807, 2.05) is 18.2 Å². The van der Waals surface area contributed by atoms with Crippen LogP contribution in [-0.4, -0.2) is 5.91 Å². The molecule has 2 aromatic carbocycles. The topological polar surface area (TPSA) is 29.1 Å². The molecule has 1 N–H and O–H groups in total. The summed E-state index contributed by atoms with van der Waals surface area (Å²) in [7, 11) is 0. The van der Waals surface area contributed by atoms with Crippen molar-refractivity contribution >= 4 is 23.6 Å². The zero-order valence-electron chi connectivity index (χ0n) is 10.6. The molecule has 0 aliphatic heterocycles. The Hall–Kier alpha value is -2.13. The minimum absolute atomic E-state index is 0.228. The lowest BCUT2D eigenvalue weighted by molar-refractivity contribution is -0.116. The summed E-state index contributed by atoms with van der Waals surface area (Å²) >= 11 is 5.99. The number of hydrogen-bond donors (Lipinski definition) is 1. The fraction of sp³-hybridized carbons (Fsp3) is 0.0625. The number of benzene rings is 2. The van der Waals surface area contributed by atoms with Gasteiger partial charge in [0, 0.05) is 17.6 Å². The number of hydrogen-bond acceptors (Lipinski definition) is 1. The molecule has 2 rings (SSSR count). The molecule has 0 spiro atoms. The van der Waals surface area contributed by atoms with Crippen molar-refractivity contribution in [2.75, 3.05) is 0 Å². The fourth-order valence-electron chi connectivity index (χ4n) is 1.63. The SMILES string of the molecule is O=C(/C=C/c1ccc(F)cc1)NCc1ccccc1Cl. The first-order chi connectivity index (χ1) is 9.65. The van der Waals surface area contributed by atoms with Crippen LogP contribution in [0.5, 0.6) is 0 Å². The Morgan fingerprint density at radius 2 is 1.85 bits per heavy atom. The van der Waals surface area contributed by atoms with Crippen LogP contribution in [0.25, 0.3) is 6.08 Å². The summed E-state index contributed by atoms with van der Waals surface area (Å²) in [5.74, 6) is -0.528. The van der Waals surface area contributed by atoms with Crippen LogP contribution in [0.15, 0.2) is 54.6 Å². The van der Waals surface area contributed by atoms with Crippen LogP contribution in [0.1, 0.15) is 11.1 Å². The highest BCUT2D eigenvalue weighted by molar-refractivity contribution is 6.31. The van der Waals surface area contributed by atoms with E-state index in [4.69, 9.17) is 11.6 Å². The van der Waals surface area contributed by atoms with Gasteiger partial charge in [-0.05, 0) is 35.4 Å². The van der Waals surface area contributed by atoms with Crippen LogP contribution in [0.2, 0.25) is 5.02 Å². The van der Waals surface area contributed by atoms with Crippen molar-refractivity contribution in [2.24, 2.45) is 0 Å². The molecule has 0 aliphatic rings. The number of carbonyl (C=O) groups excluding carboxylic acids is 1. The van der Waals surface area contributed by atoms with Gasteiger partial charge in [-0.1, -0.05) is 41.9 Å². The fourth-order valence-corrected chi connectivity index (χ4v) is 1.83. The third-order valence-electron chi connectivity index (χ3n) is 2.71. The summed E-state index contributed by atoms with van der Waals surface area (Å²) in [6.45, 7) is 0.367.